The first-order valence-electron chi connectivity index (χ1n) is 5.54. The van der Waals surface area contributed by atoms with Crippen molar-refractivity contribution in [2.75, 3.05) is 6.26 Å². The molecule has 3 nitrogen and oxygen atoms in total. The first kappa shape index (κ1) is 11.6. The summed E-state index contributed by atoms with van der Waals surface area (Å²) in [4.78, 5) is 0.358. The maximum absolute atomic E-state index is 11.3. The summed E-state index contributed by atoms with van der Waals surface area (Å²) in [6.07, 6.45) is 4.86. The molecular weight excluding hydrogens is 222 g/mol. The lowest BCUT2D eigenvalue weighted by atomic mass is 9.78. The molecule has 88 valence electrons. The van der Waals surface area contributed by atoms with E-state index in [0.29, 0.717) is 10.8 Å². The highest BCUT2D eigenvalue weighted by atomic mass is 32.2. The van der Waals surface area contributed by atoms with Gasteiger partial charge in [0.05, 0.1) is 4.90 Å². The van der Waals surface area contributed by atoms with E-state index in [2.05, 4.69) is 0 Å². The van der Waals surface area contributed by atoms with Gasteiger partial charge in [0.15, 0.2) is 9.84 Å². The molecule has 1 fully saturated rings. The Morgan fingerprint density at radius 1 is 1.25 bits per heavy atom. The van der Waals surface area contributed by atoms with Crippen LogP contribution < -0.4 is 5.73 Å². The van der Waals surface area contributed by atoms with Crippen molar-refractivity contribution in [2.45, 2.75) is 30.2 Å². The van der Waals surface area contributed by atoms with Crippen LogP contribution in [-0.2, 0) is 9.84 Å². The molecule has 1 aliphatic carbocycles. The van der Waals surface area contributed by atoms with Crippen LogP contribution in [0.4, 0.5) is 0 Å². The lowest BCUT2D eigenvalue weighted by molar-refractivity contribution is 0.264. The maximum Gasteiger partial charge on any atom is 0.175 e. The molecule has 16 heavy (non-hydrogen) atoms. The smallest absolute Gasteiger partial charge is 0.175 e. The second-order valence-electron chi connectivity index (χ2n) is 4.56. The third-order valence-electron chi connectivity index (χ3n) is 3.35. The van der Waals surface area contributed by atoms with Gasteiger partial charge in [-0.15, -0.1) is 0 Å². The fourth-order valence-corrected chi connectivity index (χ4v) is 2.64. The Kier molecular flexibility index (Phi) is 3.04. The summed E-state index contributed by atoms with van der Waals surface area (Å²) >= 11 is 0. The Morgan fingerprint density at radius 3 is 2.19 bits per heavy atom. The van der Waals surface area contributed by atoms with Crippen LogP contribution in [0.5, 0.6) is 0 Å². The number of benzene rings is 1. The van der Waals surface area contributed by atoms with Crippen molar-refractivity contribution in [2.24, 2.45) is 11.7 Å². The van der Waals surface area contributed by atoms with Gasteiger partial charge in [0.2, 0.25) is 0 Å². The van der Waals surface area contributed by atoms with E-state index in [-0.39, 0.29) is 6.04 Å². The molecule has 1 aromatic carbocycles. The van der Waals surface area contributed by atoms with Gasteiger partial charge in [-0.3, -0.25) is 0 Å². The lowest BCUT2D eigenvalue weighted by Crippen LogP contribution is -2.26. The third kappa shape index (κ3) is 2.28. The average Bonchev–Trinajstić information content (AvgIpc) is 2.14. The molecule has 0 bridgehead atoms. The van der Waals surface area contributed by atoms with Crippen molar-refractivity contribution in [1.82, 2.24) is 0 Å². The quantitative estimate of drug-likeness (QED) is 0.876. The van der Waals surface area contributed by atoms with Gasteiger partial charge in [0.25, 0.3) is 0 Å². The van der Waals surface area contributed by atoms with Crippen LogP contribution in [0.25, 0.3) is 0 Å². The number of rotatable bonds is 3. The van der Waals surface area contributed by atoms with E-state index in [1.54, 1.807) is 12.1 Å². The van der Waals surface area contributed by atoms with Crippen LogP contribution in [0.15, 0.2) is 29.2 Å². The minimum atomic E-state index is -3.10. The normalized spacial score (nSPS) is 19.1. The molecule has 0 amide bonds. The molecule has 1 atom stereocenters. The van der Waals surface area contributed by atoms with E-state index in [4.69, 9.17) is 5.73 Å². The topological polar surface area (TPSA) is 60.2 Å². The summed E-state index contributed by atoms with van der Waals surface area (Å²) in [6, 6.07) is 7.01. The van der Waals surface area contributed by atoms with Crippen LogP contribution in [0.3, 0.4) is 0 Å². The Balaban J connectivity index is 2.18. The van der Waals surface area contributed by atoms with Crippen molar-refractivity contribution < 1.29 is 8.42 Å². The summed E-state index contributed by atoms with van der Waals surface area (Å²) in [7, 11) is -3.10. The van der Waals surface area contributed by atoms with Crippen molar-refractivity contribution in [3.05, 3.63) is 29.8 Å². The Bertz CT molecular complexity index is 460. The standard InChI is InChI=1S/C12H17NO2S/c1-16(14,15)11-7-5-10(6-8-11)12(13)9-3-2-4-9/h5-9,12H,2-4,13H2,1H3/t12-/m0/s1. The Labute approximate surface area is 96.6 Å². The molecular formula is C12H17NO2S. The summed E-state index contributed by atoms with van der Waals surface area (Å²) in [5.74, 6) is 0.573. The summed E-state index contributed by atoms with van der Waals surface area (Å²) in [5, 5.41) is 0. The van der Waals surface area contributed by atoms with Crippen LogP contribution in [0.2, 0.25) is 0 Å². The minimum absolute atomic E-state index is 0.0577. The molecule has 0 aliphatic heterocycles. The van der Waals surface area contributed by atoms with Crippen molar-refractivity contribution >= 4 is 9.84 Å². The molecule has 0 spiro atoms. The van der Waals surface area contributed by atoms with Gasteiger partial charge < -0.3 is 5.73 Å². The Morgan fingerprint density at radius 2 is 1.81 bits per heavy atom. The molecule has 1 saturated carbocycles. The summed E-state index contributed by atoms with van der Waals surface area (Å²) < 4.78 is 22.6. The SMILES string of the molecule is CS(=O)(=O)c1ccc([C@@H](N)C2CCC2)cc1. The molecule has 4 heteroatoms. The zero-order valence-electron chi connectivity index (χ0n) is 9.39. The molecule has 1 aliphatic rings. The lowest BCUT2D eigenvalue weighted by Gasteiger charge is -2.31. The first-order valence-corrected chi connectivity index (χ1v) is 7.43. The van der Waals surface area contributed by atoms with E-state index in [9.17, 15) is 8.42 Å². The highest BCUT2D eigenvalue weighted by Crippen LogP contribution is 2.36. The van der Waals surface area contributed by atoms with Gasteiger partial charge in [-0.1, -0.05) is 18.6 Å². The van der Waals surface area contributed by atoms with E-state index in [1.165, 1.54) is 25.5 Å². The molecule has 1 aromatic rings. The van der Waals surface area contributed by atoms with Crippen LogP contribution in [0.1, 0.15) is 30.9 Å². The molecule has 0 radical (unpaired) electrons. The first-order chi connectivity index (χ1) is 7.48. The van der Waals surface area contributed by atoms with Crippen LogP contribution in [-0.4, -0.2) is 14.7 Å². The van der Waals surface area contributed by atoms with E-state index >= 15 is 0 Å². The van der Waals surface area contributed by atoms with Gasteiger partial charge in [-0.25, -0.2) is 8.42 Å². The fraction of sp³-hybridized carbons (Fsp3) is 0.500. The highest BCUT2D eigenvalue weighted by molar-refractivity contribution is 7.90. The van der Waals surface area contributed by atoms with E-state index in [0.717, 1.165) is 5.56 Å². The average molecular weight is 239 g/mol. The summed E-state index contributed by atoms with van der Waals surface area (Å²) in [5.41, 5.74) is 7.15. The number of hydrogen-bond acceptors (Lipinski definition) is 3. The third-order valence-corrected chi connectivity index (χ3v) is 4.48. The molecule has 2 N–H and O–H groups in total. The monoisotopic (exact) mass is 239 g/mol. The van der Waals surface area contributed by atoms with Gasteiger partial charge in [-0.05, 0) is 36.5 Å². The van der Waals surface area contributed by atoms with Crippen molar-refractivity contribution in [3.63, 3.8) is 0 Å². The minimum Gasteiger partial charge on any atom is -0.324 e. The van der Waals surface area contributed by atoms with Crippen molar-refractivity contribution in [1.29, 1.82) is 0 Å². The highest BCUT2D eigenvalue weighted by Gasteiger charge is 2.25. The fourth-order valence-electron chi connectivity index (χ4n) is 2.01. The second-order valence-corrected chi connectivity index (χ2v) is 6.57. The molecule has 0 saturated heterocycles. The number of hydrogen-bond donors (Lipinski definition) is 1. The van der Waals surface area contributed by atoms with Crippen LogP contribution in [0, 0.1) is 5.92 Å². The predicted octanol–water partition coefficient (Wildman–Crippen LogP) is 1.89. The maximum atomic E-state index is 11.3. The zero-order valence-corrected chi connectivity index (χ0v) is 10.2. The van der Waals surface area contributed by atoms with Gasteiger partial charge in [0, 0.05) is 12.3 Å². The molecule has 0 unspecified atom stereocenters. The van der Waals surface area contributed by atoms with E-state index < -0.39 is 9.84 Å². The summed E-state index contributed by atoms with van der Waals surface area (Å²) in [6.45, 7) is 0. The molecule has 0 heterocycles. The van der Waals surface area contributed by atoms with Gasteiger partial charge >= 0.3 is 0 Å². The van der Waals surface area contributed by atoms with Crippen molar-refractivity contribution in [3.8, 4) is 0 Å². The number of sulfone groups is 1. The molecule has 0 aromatic heterocycles. The largest absolute Gasteiger partial charge is 0.324 e. The number of nitrogens with two attached hydrogens (primary N) is 1. The zero-order chi connectivity index (χ0) is 11.8. The van der Waals surface area contributed by atoms with E-state index in [1.807, 2.05) is 12.1 Å². The second kappa shape index (κ2) is 4.18. The van der Waals surface area contributed by atoms with Gasteiger partial charge in [0.1, 0.15) is 0 Å². The Hall–Kier alpha value is -0.870. The van der Waals surface area contributed by atoms with Gasteiger partial charge in [-0.2, -0.15) is 0 Å². The molecule has 2 rings (SSSR count). The predicted molar refractivity (Wildman–Crippen MR) is 63.8 cm³/mol. The van der Waals surface area contributed by atoms with Crippen LogP contribution >= 0.6 is 0 Å².